The van der Waals surface area contributed by atoms with Crippen LogP contribution in [-0.2, 0) is 6.42 Å². The molecule has 3 aromatic rings. The van der Waals surface area contributed by atoms with Gasteiger partial charge in [-0.3, -0.25) is 14.8 Å². The predicted molar refractivity (Wildman–Crippen MR) is 86.7 cm³/mol. The Labute approximate surface area is 133 Å². The van der Waals surface area contributed by atoms with Gasteiger partial charge in [-0.25, -0.2) is 0 Å². The van der Waals surface area contributed by atoms with Crippen molar-refractivity contribution in [3.8, 4) is 6.07 Å². The molecule has 0 aliphatic rings. The van der Waals surface area contributed by atoms with Crippen molar-refractivity contribution in [1.29, 1.82) is 5.26 Å². The SMILES string of the molecule is N#Cc1ccc(CCNC(=O)c2ccc3nccnc3c2)cc1. The van der Waals surface area contributed by atoms with E-state index in [2.05, 4.69) is 21.4 Å². The number of nitrogens with zero attached hydrogens (tertiary/aromatic N) is 3. The minimum Gasteiger partial charge on any atom is -0.352 e. The van der Waals surface area contributed by atoms with Crippen LogP contribution in [0.15, 0.2) is 54.9 Å². The average molecular weight is 302 g/mol. The topological polar surface area (TPSA) is 78.7 Å². The maximum atomic E-state index is 12.2. The Bertz CT molecular complexity index is 881. The Morgan fingerprint density at radius 3 is 2.52 bits per heavy atom. The molecule has 0 atom stereocenters. The summed E-state index contributed by atoms with van der Waals surface area (Å²) in [6, 6.07) is 14.7. The van der Waals surface area contributed by atoms with Crippen LogP contribution in [0.25, 0.3) is 11.0 Å². The van der Waals surface area contributed by atoms with E-state index >= 15 is 0 Å². The van der Waals surface area contributed by atoms with Gasteiger partial charge in [0.25, 0.3) is 5.91 Å². The van der Waals surface area contributed by atoms with E-state index in [-0.39, 0.29) is 5.91 Å². The molecule has 23 heavy (non-hydrogen) atoms. The summed E-state index contributed by atoms with van der Waals surface area (Å²) in [6.45, 7) is 0.531. The van der Waals surface area contributed by atoms with E-state index in [9.17, 15) is 4.79 Å². The first-order valence-corrected chi connectivity index (χ1v) is 7.24. The molecule has 0 spiro atoms. The summed E-state index contributed by atoms with van der Waals surface area (Å²) >= 11 is 0. The normalized spacial score (nSPS) is 10.2. The molecule has 2 aromatic carbocycles. The number of hydrogen-bond acceptors (Lipinski definition) is 4. The highest BCUT2D eigenvalue weighted by Gasteiger charge is 2.06. The number of rotatable bonds is 4. The second-order valence-corrected chi connectivity index (χ2v) is 5.07. The van der Waals surface area contributed by atoms with Crippen LogP contribution < -0.4 is 5.32 Å². The van der Waals surface area contributed by atoms with E-state index in [0.29, 0.717) is 29.6 Å². The van der Waals surface area contributed by atoms with Crippen LogP contribution in [0.4, 0.5) is 0 Å². The lowest BCUT2D eigenvalue weighted by atomic mass is 10.1. The van der Waals surface area contributed by atoms with Crippen LogP contribution in [-0.4, -0.2) is 22.4 Å². The molecule has 0 radical (unpaired) electrons. The fourth-order valence-electron chi connectivity index (χ4n) is 2.27. The van der Waals surface area contributed by atoms with Gasteiger partial charge in [0, 0.05) is 24.5 Å². The molecule has 0 unspecified atom stereocenters. The summed E-state index contributed by atoms with van der Waals surface area (Å²) in [7, 11) is 0. The molecular weight excluding hydrogens is 288 g/mol. The van der Waals surface area contributed by atoms with Gasteiger partial charge in [-0.2, -0.15) is 5.26 Å². The first kappa shape index (κ1) is 14.7. The molecule has 0 saturated heterocycles. The number of aromatic nitrogens is 2. The molecule has 0 aliphatic heterocycles. The zero-order valence-electron chi connectivity index (χ0n) is 12.4. The molecule has 5 nitrogen and oxygen atoms in total. The minimum atomic E-state index is -0.133. The third kappa shape index (κ3) is 3.50. The number of nitrogens with one attached hydrogen (secondary N) is 1. The van der Waals surface area contributed by atoms with E-state index in [0.717, 1.165) is 11.1 Å². The molecule has 1 heterocycles. The van der Waals surface area contributed by atoms with E-state index < -0.39 is 0 Å². The van der Waals surface area contributed by atoms with Crippen LogP contribution >= 0.6 is 0 Å². The van der Waals surface area contributed by atoms with Crippen molar-refractivity contribution in [2.75, 3.05) is 6.54 Å². The quantitative estimate of drug-likeness (QED) is 0.803. The Hall–Kier alpha value is -3.26. The average Bonchev–Trinajstić information content (AvgIpc) is 2.61. The fraction of sp³-hybridized carbons (Fsp3) is 0.111. The Morgan fingerprint density at radius 2 is 1.78 bits per heavy atom. The van der Waals surface area contributed by atoms with Crippen LogP contribution in [0, 0.1) is 11.3 Å². The van der Waals surface area contributed by atoms with Gasteiger partial charge in [0.1, 0.15) is 0 Å². The standard InChI is InChI=1S/C18H14N4O/c19-12-14-3-1-13(2-4-14)7-8-22-18(23)15-5-6-16-17(11-15)21-10-9-20-16/h1-6,9-11H,7-8H2,(H,22,23). The minimum absolute atomic E-state index is 0.133. The number of amides is 1. The number of hydrogen-bond donors (Lipinski definition) is 1. The zero-order valence-corrected chi connectivity index (χ0v) is 12.4. The number of fused-ring (bicyclic) bond motifs is 1. The lowest BCUT2D eigenvalue weighted by molar-refractivity contribution is 0.0954. The highest BCUT2D eigenvalue weighted by Crippen LogP contribution is 2.11. The number of carbonyl (C=O) groups is 1. The van der Waals surface area contributed by atoms with Crippen molar-refractivity contribution in [2.45, 2.75) is 6.42 Å². The van der Waals surface area contributed by atoms with Gasteiger partial charge in [0.05, 0.1) is 22.7 Å². The Kier molecular flexibility index (Phi) is 4.25. The summed E-state index contributed by atoms with van der Waals surface area (Å²) < 4.78 is 0. The second-order valence-electron chi connectivity index (χ2n) is 5.07. The predicted octanol–water partition coefficient (Wildman–Crippen LogP) is 2.47. The summed E-state index contributed by atoms with van der Waals surface area (Å²) in [6.07, 6.45) is 3.94. The van der Waals surface area contributed by atoms with Crippen LogP contribution in [0.2, 0.25) is 0 Å². The number of benzene rings is 2. The first-order valence-electron chi connectivity index (χ1n) is 7.24. The largest absolute Gasteiger partial charge is 0.352 e. The van der Waals surface area contributed by atoms with E-state index in [1.165, 1.54) is 0 Å². The molecular formula is C18H14N4O. The van der Waals surface area contributed by atoms with Crippen molar-refractivity contribution in [3.05, 3.63) is 71.5 Å². The molecule has 1 aromatic heterocycles. The summed E-state index contributed by atoms with van der Waals surface area (Å²) in [5.74, 6) is -0.133. The molecule has 1 amide bonds. The van der Waals surface area contributed by atoms with E-state index in [4.69, 9.17) is 5.26 Å². The van der Waals surface area contributed by atoms with Gasteiger partial charge in [-0.1, -0.05) is 12.1 Å². The Balaban J connectivity index is 1.60. The van der Waals surface area contributed by atoms with Crippen molar-refractivity contribution in [1.82, 2.24) is 15.3 Å². The lowest BCUT2D eigenvalue weighted by Gasteiger charge is -2.06. The lowest BCUT2D eigenvalue weighted by Crippen LogP contribution is -2.25. The molecule has 0 saturated carbocycles. The van der Waals surface area contributed by atoms with Crippen molar-refractivity contribution < 1.29 is 4.79 Å². The maximum Gasteiger partial charge on any atom is 0.251 e. The number of nitriles is 1. The molecule has 3 rings (SSSR count). The van der Waals surface area contributed by atoms with Crippen LogP contribution in [0.5, 0.6) is 0 Å². The van der Waals surface area contributed by atoms with E-state index in [1.807, 2.05) is 12.1 Å². The molecule has 0 aliphatic carbocycles. The molecule has 1 N–H and O–H groups in total. The molecule has 112 valence electrons. The van der Waals surface area contributed by atoms with Gasteiger partial charge in [-0.05, 0) is 42.3 Å². The molecule has 5 heteroatoms. The van der Waals surface area contributed by atoms with Crippen LogP contribution in [0.3, 0.4) is 0 Å². The summed E-state index contributed by atoms with van der Waals surface area (Å²) in [5, 5.41) is 11.7. The highest BCUT2D eigenvalue weighted by molar-refractivity contribution is 5.97. The Morgan fingerprint density at radius 1 is 1.04 bits per heavy atom. The van der Waals surface area contributed by atoms with Gasteiger partial charge < -0.3 is 5.32 Å². The third-order valence-electron chi connectivity index (χ3n) is 3.51. The number of carbonyl (C=O) groups excluding carboxylic acids is 1. The summed E-state index contributed by atoms with van der Waals surface area (Å²) in [5.41, 5.74) is 3.75. The smallest absolute Gasteiger partial charge is 0.251 e. The van der Waals surface area contributed by atoms with Gasteiger partial charge >= 0.3 is 0 Å². The van der Waals surface area contributed by atoms with Crippen molar-refractivity contribution >= 4 is 16.9 Å². The van der Waals surface area contributed by atoms with Crippen molar-refractivity contribution in [3.63, 3.8) is 0 Å². The third-order valence-corrected chi connectivity index (χ3v) is 3.51. The van der Waals surface area contributed by atoms with Gasteiger partial charge in [0.2, 0.25) is 0 Å². The van der Waals surface area contributed by atoms with Crippen molar-refractivity contribution in [2.24, 2.45) is 0 Å². The molecule has 0 fully saturated rings. The molecule has 0 bridgehead atoms. The second kappa shape index (κ2) is 6.67. The first-order chi connectivity index (χ1) is 11.3. The van der Waals surface area contributed by atoms with Crippen LogP contribution in [0.1, 0.15) is 21.5 Å². The summed E-state index contributed by atoms with van der Waals surface area (Å²) in [4.78, 5) is 20.6. The van der Waals surface area contributed by atoms with Gasteiger partial charge in [0.15, 0.2) is 0 Å². The van der Waals surface area contributed by atoms with Gasteiger partial charge in [-0.15, -0.1) is 0 Å². The zero-order chi connectivity index (χ0) is 16.1. The van der Waals surface area contributed by atoms with E-state index in [1.54, 1.807) is 42.7 Å². The fourth-order valence-corrected chi connectivity index (χ4v) is 2.27. The maximum absolute atomic E-state index is 12.2. The highest BCUT2D eigenvalue weighted by atomic mass is 16.1. The monoisotopic (exact) mass is 302 g/mol.